The highest BCUT2D eigenvalue weighted by molar-refractivity contribution is 6.34. The molecule has 1 heterocycles. The van der Waals surface area contributed by atoms with E-state index in [4.69, 9.17) is 16.3 Å². The zero-order valence-corrected chi connectivity index (χ0v) is 19.7. The second-order valence-corrected chi connectivity index (χ2v) is 8.21. The number of anilines is 2. The van der Waals surface area contributed by atoms with Crippen molar-refractivity contribution in [3.8, 4) is 5.75 Å². The Labute approximate surface area is 201 Å². The van der Waals surface area contributed by atoms with E-state index < -0.39 is 17.7 Å². The van der Waals surface area contributed by atoms with Crippen LogP contribution < -0.4 is 15.4 Å². The van der Waals surface area contributed by atoms with Crippen molar-refractivity contribution >= 4 is 34.8 Å². The van der Waals surface area contributed by atoms with E-state index in [1.807, 2.05) is 19.9 Å². The normalized spacial score (nSPS) is 11.7. The van der Waals surface area contributed by atoms with Crippen molar-refractivity contribution in [2.75, 3.05) is 17.2 Å². The number of ether oxygens (including phenoxy) is 1. The molecule has 0 aliphatic heterocycles. The maximum Gasteiger partial charge on any atom is 0.248 e. The van der Waals surface area contributed by atoms with Gasteiger partial charge in [-0.05, 0) is 63.6 Å². The molecule has 7 nitrogen and oxygen atoms in total. The average molecular weight is 491 g/mol. The van der Waals surface area contributed by atoms with Crippen LogP contribution in [0.3, 0.4) is 0 Å². The highest BCUT2D eigenvalue weighted by Gasteiger charge is 2.19. The van der Waals surface area contributed by atoms with E-state index in [1.54, 1.807) is 23.7 Å². The van der Waals surface area contributed by atoms with Gasteiger partial charge >= 0.3 is 0 Å². The van der Waals surface area contributed by atoms with Gasteiger partial charge in [-0.15, -0.1) is 0 Å². The molecule has 0 saturated heterocycles. The number of hydrogen-bond donors (Lipinski definition) is 2. The van der Waals surface area contributed by atoms with Gasteiger partial charge in [0, 0.05) is 23.9 Å². The minimum Gasteiger partial charge on any atom is -0.491 e. The summed E-state index contributed by atoms with van der Waals surface area (Å²) in [4.78, 5) is 24.8. The fourth-order valence-electron chi connectivity index (χ4n) is 3.31. The van der Waals surface area contributed by atoms with Crippen LogP contribution in [0.15, 0.2) is 42.5 Å². The summed E-state index contributed by atoms with van der Waals surface area (Å²) in [6.45, 7) is 5.57. The van der Waals surface area contributed by atoms with Gasteiger partial charge in [-0.3, -0.25) is 14.3 Å². The Morgan fingerprint density at radius 2 is 1.88 bits per heavy atom. The summed E-state index contributed by atoms with van der Waals surface area (Å²) in [5.41, 5.74) is 2.57. The van der Waals surface area contributed by atoms with Crippen LogP contribution in [0.1, 0.15) is 37.2 Å². The Bertz CT molecular complexity index is 1200. The maximum atomic E-state index is 13.5. The minimum absolute atomic E-state index is 0.0709. The molecule has 3 aromatic rings. The van der Waals surface area contributed by atoms with Crippen LogP contribution in [-0.2, 0) is 9.59 Å². The lowest BCUT2D eigenvalue weighted by molar-refractivity contribution is -0.119. The molecular weight excluding hydrogens is 466 g/mol. The summed E-state index contributed by atoms with van der Waals surface area (Å²) in [6.07, 6.45) is 0.452. The predicted octanol–water partition coefficient (Wildman–Crippen LogP) is 5.43. The lowest BCUT2D eigenvalue weighted by atomic mass is 10.2. The van der Waals surface area contributed by atoms with Gasteiger partial charge in [0.05, 0.1) is 23.0 Å². The molecule has 0 fully saturated rings. The van der Waals surface area contributed by atoms with Gasteiger partial charge in [0.15, 0.2) is 11.6 Å². The third kappa shape index (κ3) is 6.54. The first-order valence-corrected chi connectivity index (χ1v) is 11.0. The first-order chi connectivity index (χ1) is 16.1. The van der Waals surface area contributed by atoms with E-state index >= 15 is 0 Å². The largest absolute Gasteiger partial charge is 0.491 e. The van der Waals surface area contributed by atoms with Crippen molar-refractivity contribution in [1.29, 1.82) is 0 Å². The molecule has 1 unspecified atom stereocenters. The van der Waals surface area contributed by atoms with Crippen molar-refractivity contribution in [2.45, 2.75) is 39.7 Å². The zero-order valence-electron chi connectivity index (χ0n) is 19.0. The molecule has 0 radical (unpaired) electrons. The molecule has 3 rings (SSSR count). The highest BCUT2D eigenvalue weighted by Crippen LogP contribution is 2.27. The number of nitrogens with zero attached hydrogens (tertiary/aromatic N) is 2. The summed E-state index contributed by atoms with van der Waals surface area (Å²) >= 11 is 6.29. The van der Waals surface area contributed by atoms with Crippen LogP contribution in [-0.4, -0.2) is 28.2 Å². The highest BCUT2D eigenvalue weighted by atomic mass is 35.5. The summed E-state index contributed by atoms with van der Waals surface area (Å²) in [7, 11) is 0. The molecule has 2 aromatic carbocycles. The van der Waals surface area contributed by atoms with Crippen molar-refractivity contribution < 1.29 is 23.1 Å². The van der Waals surface area contributed by atoms with E-state index in [1.165, 1.54) is 12.1 Å². The monoisotopic (exact) mass is 490 g/mol. The summed E-state index contributed by atoms with van der Waals surface area (Å²) < 4.78 is 33.3. The van der Waals surface area contributed by atoms with Gasteiger partial charge in [0.2, 0.25) is 11.8 Å². The van der Waals surface area contributed by atoms with Crippen molar-refractivity contribution in [1.82, 2.24) is 9.78 Å². The number of aryl methyl sites for hydroxylation is 2. The van der Waals surface area contributed by atoms with Gasteiger partial charge < -0.3 is 15.4 Å². The van der Waals surface area contributed by atoms with E-state index in [0.29, 0.717) is 17.8 Å². The summed E-state index contributed by atoms with van der Waals surface area (Å²) in [5, 5.41) is 10.1. The molecule has 0 saturated carbocycles. The molecule has 2 amide bonds. The standard InChI is InChI=1S/C24H25ClF2N4O3/c1-14-11-15(2)31(30-14)16(3)24(33)29-21-8-7-18(13-19(21)25)28-23(32)5-4-10-34-22-9-6-17(26)12-20(22)27/h6-9,11-13,16H,4-5,10H2,1-3H3,(H,28,32)(H,29,33). The molecule has 1 aromatic heterocycles. The molecule has 0 aliphatic rings. The second kappa shape index (κ2) is 11.1. The third-order valence-corrected chi connectivity index (χ3v) is 5.31. The lowest BCUT2D eigenvalue weighted by Crippen LogP contribution is -2.25. The fraction of sp³-hybridized carbons (Fsp3) is 0.292. The maximum absolute atomic E-state index is 13.5. The van der Waals surface area contributed by atoms with E-state index in [2.05, 4.69) is 15.7 Å². The Morgan fingerprint density at radius 1 is 1.12 bits per heavy atom. The first-order valence-electron chi connectivity index (χ1n) is 10.6. The van der Waals surface area contributed by atoms with E-state index in [-0.39, 0.29) is 35.6 Å². The van der Waals surface area contributed by atoms with Crippen LogP contribution >= 0.6 is 11.6 Å². The molecule has 0 bridgehead atoms. The third-order valence-electron chi connectivity index (χ3n) is 5.00. The number of carbonyl (C=O) groups excluding carboxylic acids is 2. The number of hydrogen-bond acceptors (Lipinski definition) is 4. The topological polar surface area (TPSA) is 85.2 Å². The molecule has 0 spiro atoms. The van der Waals surface area contributed by atoms with Crippen LogP contribution in [0, 0.1) is 25.5 Å². The SMILES string of the molecule is Cc1cc(C)n(C(C)C(=O)Nc2ccc(NC(=O)CCCOc3ccc(F)cc3F)cc2Cl)n1. The molecular formula is C24H25ClF2N4O3. The smallest absolute Gasteiger partial charge is 0.248 e. The first kappa shape index (κ1) is 25.2. The lowest BCUT2D eigenvalue weighted by Gasteiger charge is -2.16. The number of carbonyl (C=O) groups is 2. The van der Waals surface area contributed by atoms with Gasteiger partial charge in [-0.2, -0.15) is 5.10 Å². The minimum atomic E-state index is -0.796. The van der Waals surface area contributed by atoms with Gasteiger partial charge in [-0.25, -0.2) is 8.78 Å². The Kier molecular flexibility index (Phi) is 8.22. The molecule has 180 valence electrons. The van der Waals surface area contributed by atoms with Gasteiger partial charge in [0.1, 0.15) is 11.9 Å². The van der Waals surface area contributed by atoms with Crippen LogP contribution in [0.25, 0.3) is 0 Å². The molecule has 34 heavy (non-hydrogen) atoms. The van der Waals surface area contributed by atoms with E-state index in [9.17, 15) is 18.4 Å². The Morgan fingerprint density at radius 3 is 2.53 bits per heavy atom. The van der Waals surface area contributed by atoms with E-state index in [0.717, 1.165) is 23.5 Å². The second-order valence-electron chi connectivity index (χ2n) is 7.81. The summed E-state index contributed by atoms with van der Waals surface area (Å²) in [6, 6.07) is 9.15. The molecule has 10 heteroatoms. The number of benzene rings is 2. The van der Waals surface area contributed by atoms with Gasteiger partial charge in [0.25, 0.3) is 0 Å². The predicted molar refractivity (Wildman–Crippen MR) is 126 cm³/mol. The number of aromatic nitrogens is 2. The van der Waals surface area contributed by atoms with Crippen LogP contribution in [0.5, 0.6) is 5.75 Å². The summed E-state index contributed by atoms with van der Waals surface area (Å²) in [5.74, 6) is -2.11. The number of rotatable bonds is 9. The Balaban J connectivity index is 1.48. The van der Waals surface area contributed by atoms with Gasteiger partial charge in [-0.1, -0.05) is 11.6 Å². The quantitative estimate of drug-likeness (QED) is 0.392. The fourth-order valence-corrected chi connectivity index (χ4v) is 3.54. The number of halogens is 3. The van der Waals surface area contributed by atoms with Crippen molar-refractivity contribution in [3.05, 3.63) is 70.5 Å². The van der Waals surface area contributed by atoms with Crippen molar-refractivity contribution in [3.63, 3.8) is 0 Å². The molecule has 1 atom stereocenters. The van der Waals surface area contributed by atoms with Crippen LogP contribution in [0.2, 0.25) is 5.02 Å². The average Bonchev–Trinajstić information content (AvgIpc) is 3.11. The zero-order chi connectivity index (χ0) is 24.8. The molecule has 0 aliphatic carbocycles. The van der Waals surface area contributed by atoms with Crippen molar-refractivity contribution in [2.24, 2.45) is 0 Å². The molecule has 2 N–H and O–H groups in total. The Hall–Kier alpha value is -3.46. The van der Waals surface area contributed by atoms with Crippen LogP contribution in [0.4, 0.5) is 20.2 Å². The number of amides is 2. The number of nitrogens with one attached hydrogen (secondary N) is 2.